The van der Waals surface area contributed by atoms with Crippen LogP contribution in [-0.2, 0) is 23.0 Å². The van der Waals surface area contributed by atoms with E-state index in [0.29, 0.717) is 32.7 Å². The Morgan fingerprint density at radius 1 is 1.17 bits per heavy atom. The number of amides is 1. The van der Waals surface area contributed by atoms with Crippen molar-refractivity contribution < 1.29 is 9.53 Å². The molecule has 0 bridgehead atoms. The van der Waals surface area contributed by atoms with Crippen molar-refractivity contribution in [2.24, 2.45) is 7.05 Å². The number of morpholine rings is 1. The van der Waals surface area contributed by atoms with Crippen molar-refractivity contribution in [3.8, 4) is 0 Å². The zero-order valence-electron chi connectivity index (χ0n) is 14.3. The molecule has 1 aliphatic heterocycles. The smallest absolute Gasteiger partial charge is 0.223 e. The standard InChI is InChI=1S/C17H24N4O2/c1-11-14(5-6-15(22)21-7-9-23-10-8-21)12(2)18-17-16(11)13(3)19-20(17)4/h5-10H2,1-4H3. The number of carbonyl (C=O) groups is 1. The van der Waals surface area contributed by atoms with Crippen molar-refractivity contribution in [3.05, 3.63) is 22.5 Å². The second kappa shape index (κ2) is 6.28. The van der Waals surface area contributed by atoms with Gasteiger partial charge in [0, 0.05) is 37.6 Å². The van der Waals surface area contributed by atoms with Gasteiger partial charge in [0.05, 0.1) is 18.9 Å². The first-order valence-electron chi connectivity index (χ1n) is 8.14. The van der Waals surface area contributed by atoms with Crippen LogP contribution in [0.5, 0.6) is 0 Å². The fraction of sp³-hybridized carbons (Fsp3) is 0.588. The van der Waals surface area contributed by atoms with Crippen LogP contribution in [0, 0.1) is 20.8 Å². The lowest BCUT2D eigenvalue weighted by atomic mass is 9.99. The molecule has 2 aromatic rings. The summed E-state index contributed by atoms with van der Waals surface area (Å²) >= 11 is 0. The third kappa shape index (κ3) is 2.95. The molecule has 0 radical (unpaired) electrons. The van der Waals surface area contributed by atoms with Gasteiger partial charge in [0.25, 0.3) is 0 Å². The van der Waals surface area contributed by atoms with Crippen LogP contribution in [0.1, 0.15) is 28.9 Å². The Hall–Kier alpha value is -1.95. The number of hydrogen-bond donors (Lipinski definition) is 0. The quantitative estimate of drug-likeness (QED) is 0.864. The molecule has 6 nitrogen and oxygen atoms in total. The first-order chi connectivity index (χ1) is 11.0. The zero-order chi connectivity index (χ0) is 16.6. The largest absolute Gasteiger partial charge is 0.378 e. The van der Waals surface area contributed by atoms with Crippen molar-refractivity contribution in [1.82, 2.24) is 19.7 Å². The Bertz CT molecular complexity index is 745. The van der Waals surface area contributed by atoms with Gasteiger partial charge in [-0.05, 0) is 38.3 Å². The SMILES string of the molecule is Cc1nc2c(c(C)nn2C)c(C)c1CCC(=O)N1CCOCC1. The molecule has 3 heterocycles. The molecule has 0 unspecified atom stereocenters. The second-order valence-corrected chi connectivity index (χ2v) is 6.20. The van der Waals surface area contributed by atoms with Gasteiger partial charge in [0.1, 0.15) is 0 Å². The van der Waals surface area contributed by atoms with Crippen molar-refractivity contribution in [3.63, 3.8) is 0 Å². The molecule has 6 heteroatoms. The summed E-state index contributed by atoms with van der Waals surface area (Å²) in [6.07, 6.45) is 1.25. The summed E-state index contributed by atoms with van der Waals surface area (Å²) in [6.45, 7) is 8.84. The number of aryl methyl sites for hydroxylation is 4. The number of aromatic nitrogens is 3. The van der Waals surface area contributed by atoms with E-state index in [9.17, 15) is 4.79 Å². The van der Waals surface area contributed by atoms with Crippen molar-refractivity contribution >= 4 is 16.9 Å². The Kier molecular flexibility index (Phi) is 4.35. The molecule has 0 aliphatic carbocycles. The molecule has 23 heavy (non-hydrogen) atoms. The number of pyridine rings is 1. The first kappa shape index (κ1) is 15.9. The molecule has 1 fully saturated rings. The summed E-state index contributed by atoms with van der Waals surface area (Å²) in [5.74, 6) is 0.204. The van der Waals surface area contributed by atoms with E-state index in [2.05, 4.69) is 12.0 Å². The van der Waals surface area contributed by atoms with E-state index < -0.39 is 0 Å². The summed E-state index contributed by atoms with van der Waals surface area (Å²) in [7, 11) is 1.92. The van der Waals surface area contributed by atoms with Crippen LogP contribution in [0.15, 0.2) is 0 Å². The van der Waals surface area contributed by atoms with Gasteiger partial charge in [-0.1, -0.05) is 0 Å². The lowest BCUT2D eigenvalue weighted by molar-refractivity contribution is -0.135. The molecule has 2 aromatic heterocycles. The minimum Gasteiger partial charge on any atom is -0.378 e. The molecule has 0 atom stereocenters. The maximum Gasteiger partial charge on any atom is 0.223 e. The van der Waals surface area contributed by atoms with Crippen LogP contribution in [0.4, 0.5) is 0 Å². The van der Waals surface area contributed by atoms with E-state index in [1.165, 1.54) is 11.1 Å². The van der Waals surface area contributed by atoms with Crippen molar-refractivity contribution in [1.29, 1.82) is 0 Å². The molecule has 1 saturated heterocycles. The van der Waals surface area contributed by atoms with E-state index in [4.69, 9.17) is 9.72 Å². The van der Waals surface area contributed by atoms with Gasteiger partial charge < -0.3 is 9.64 Å². The fourth-order valence-electron chi connectivity index (χ4n) is 3.43. The number of hydrogen-bond acceptors (Lipinski definition) is 4. The Labute approximate surface area is 136 Å². The van der Waals surface area contributed by atoms with E-state index in [1.807, 2.05) is 30.5 Å². The molecule has 124 valence electrons. The minimum absolute atomic E-state index is 0.204. The highest BCUT2D eigenvalue weighted by atomic mass is 16.5. The lowest BCUT2D eigenvalue weighted by Gasteiger charge is -2.27. The van der Waals surface area contributed by atoms with E-state index in [-0.39, 0.29) is 5.91 Å². The van der Waals surface area contributed by atoms with Gasteiger partial charge in [-0.2, -0.15) is 5.10 Å². The summed E-state index contributed by atoms with van der Waals surface area (Å²) in [5.41, 5.74) is 5.28. The predicted molar refractivity (Wildman–Crippen MR) is 88.4 cm³/mol. The van der Waals surface area contributed by atoms with E-state index >= 15 is 0 Å². The van der Waals surface area contributed by atoms with E-state index in [1.54, 1.807) is 0 Å². The van der Waals surface area contributed by atoms with Crippen LogP contribution in [0.3, 0.4) is 0 Å². The summed E-state index contributed by atoms with van der Waals surface area (Å²) in [4.78, 5) is 19.0. The van der Waals surface area contributed by atoms with Crippen LogP contribution in [0.2, 0.25) is 0 Å². The molecular formula is C17H24N4O2. The Morgan fingerprint density at radius 3 is 2.57 bits per heavy atom. The molecule has 1 aliphatic rings. The van der Waals surface area contributed by atoms with Gasteiger partial charge in [-0.3, -0.25) is 9.48 Å². The third-order valence-corrected chi connectivity index (χ3v) is 4.68. The lowest BCUT2D eigenvalue weighted by Crippen LogP contribution is -2.40. The molecular weight excluding hydrogens is 292 g/mol. The van der Waals surface area contributed by atoms with Gasteiger partial charge >= 0.3 is 0 Å². The first-order valence-corrected chi connectivity index (χ1v) is 8.14. The summed E-state index contributed by atoms with van der Waals surface area (Å²) in [5, 5.41) is 5.58. The molecule has 1 amide bonds. The van der Waals surface area contributed by atoms with Gasteiger partial charge in [-0.15, -0.1) is 0 Å². The van der Waals surface area contributed by atoms with Gasteiger partial charge in [0.2, 0.25) is 5.91 Å². The van der Waals surface area contributed by atoms with Crippen molar-refractivity contribution in [2.45, 2.75) is 33.6 Å². The fourth-order valence-corrected chi connectivity index (χ4v) is 3.43. The number of fused-ring (bicyclic) bond motifs is 1. The molecule has 0 saturated carbocycles. The van der Waals surface area contributed by atoms with E-state index in [0.717, 1.165) is 28.8 Å². The Morgan fingerprint density at radius 2 is 1.87 bits per heavy atom. The molecule has 0 aromatic carbocycles. The molecule has 0 N–H and O–H groups in total. The average Bonchev–Trinajstić information content (AvgIpc) is 2.82. The number of nitrogens with zero attached hydrogens (tertiary/aromatic N) is 4. The Balaban J connectivity index is 1.82. The maximum absolute atomic E-state index is 12.4. The maximum atomic E-state index is 12.4. The monoisotopic (exact) mass is 316 g/mol. The highest BCUT2D eigenvalue weighted by Gasteiger charge is 2.19. The predicted octanol–water partition coefficient (Wildman–Crippen LogP) is 1.68. The summed E-state index contributed by atoms with van der Waals surface area (Å²) < 4.78 is 7.13. The minimum atomic E-state index is 0.204. The average molecular weight is 316 g/mol. The number of carbonyl (C=O) groups excluding carboxylic acids is 1. The molecule has 0 spiro atoms. The second-order valence-electron chi connectivity index (χ2n) is 6.20. The van der Waals surface area contributed by atoms with Crippen LogP contribution >= 0.6 is 0 Å². The van der Waals surface area contributed by atoms with Crippen LogP contribution in [-0.4, -0.2) is 51.9 Å². The summed E-state index contributed by atoms with van der Waals surface area (Å²) in [6, 6.07) is 0. The zero-order valence-corrected chi connectivity index (χ0v) is 14.3. The van der Waals surface area contributed by atoms with Crippen LogP contribution in [0.25, 0.3) is 11.0 Å². The number of rotatable bonds is 3. The number of ether oxygens (including phenoxy) is 1. The van der Waals surface area contributed by atoms with Crippen molar-refractivity contribution in [2.75, 3.05) is 26.3 Å². The molecule has 3 rings (SSSR count). The normalized spacial score (nSPS) is 15.4. The highest BCUT2D eigenvalue weighted by molar-refractivity contribution is 5.84. The topological polar surface area (TPSA) is 60.2 Å². The van der Waals surface area contributed by atoms with Gasteiger partial charge in [0.15, 0.2) is 5.65 Å². The third-order valence-electron chi connectivity index (χ3n) is 4.68. The van der Waals surface area contributed by atoms with Gasteiger partial charge in [-0.25, -0.2) is 4.98 Å². The van der Waals surface area contributed by atoms with Crippen LogP contribution < -0.4 is 0 Å². The highest BCUT2D eigenvalue weighted by Crippen LogP contribution is 2.26.